The minimum atomic E-state index is -0.191. The van der Waals surface area contributed by atoms with Gasteiger partial charge in [0.25, 0.3) is 5.56 Å². The van der Waals surface area contributed by atoms with Crippen molar-refractivity contribution in [2.75, 3.05) is 7.11 Å². The maximum absolute atomic E-state index is 12.4. The zero-order valence-corrected chi connectivity index (χ0v) is 11.8. The number of para-hydroxylation sites is 1. The molecule has 6 heteroatoms. The van der Waals surface area contributed by atoms with Crippen LogP contribution in [0.25, 0.3) is 33.2 Å². The van der Waals surface area contributed by atoms with Gasteiger partial charge in [-0.15, -0.1) is 0 Å². The van der Waals surface area contributed by atoms with Crippen LogP contribution in [0.4, 0.5) is 0 Å². The predicted molar refractivity (Wildman–Crippen MR) is 82.6 cm³/mol. The summed E-state index contributed by atoms with van der Waals surface area (Å²) in [5.74, 6) is 0. The van der Waals surface area contributed by atoms with Gasteiger partial charge in [0.05, 0.1) is 12.3 Å². The summed E-state index contributed by atoms with van der Waals surface area (Å²) in [6.07, 6.45) is 1.48. The van der Waals surface area contributed by atoms with E-state index < -0.39 is 0 Å². The van der Waals surface area contributed by atoms with Gasteiger partial charge >= 0.3 is 0 Å². The fourth-order valence-corrected chi connectivity index (χ4v) is 2.85. The fraction of sp³-hybridized carbons (Fsp3) is 0.125. The van der Waals surface area contributed by atoms with Crippen molar-refractivity contribution >= 4 is 21.8 Å². The van der Waals surface area contributed by atoms with Crippen molar-refractivity contribution in [1.29, 1.82) is 0 Å². The van der Waals surface area contributed by atoms with Gasteiger partial charge in [-0.1, -0.05) is 23.4 Å². The standard InChI is InChI=1S/C16H13N3O3/c1-21-8-10-13-9-4-2-3-5-11(9)17-15(13)16(20)18-14(10)12-6-7-22-19-12/h2-7,17H,8H2,1H3,(H,18,20). The number of pyridine rings is 1. The Bertz CT molecular complexity index is 1010. The van der Waals surface area contributed by atoms with Gasteiger partial charge in [-0.25, -0.2) is 0 Å². The molecule has 0 bridgehead atoms. The highest BCUT2D eigenvalue weighted by Gasteiger charge is 2.18. The van der Waals surface area contributed by atoms with Crippen molar-refractivity contribution in [2.24, 2.45) is 0 Å². The summed E-state index contributed by atoms with van der Waals surface area (Å²) in [5.41, 5.74) is 3.35. The van der Waals surface area contributed by atoms with Gasteiger partial charge in [0.1, 0.15) is 17.5 Å². The Kier molecular flexibility index (Phi) is 2.83. The average molecular weight is 295 g/mol. The molecule has 4 rings (SSSR count). The maximum atomic E-state index is 12.4. The number of aromatic amines is 2. The minimum Gasteiger partial charge on any atom is -0.380 e. The maximum Gasteiger partial charge on any atom is 0.272 e. The monoisotopic (exact) mass is 295 g/mol. The second-order valence-corrected chi connectivity index (χ2v) is 5.05. The third-order valence-corrected chi connectivity index (χ3v) is 3.76. The van der Waals surface area contributed by atoms with Crippen LogP contribution < -0.4 is 5.56 Å². The van der Waals surface area contributed by atoms with E-state index in [9.17, 15) is 4.79 Å². The highest BCUT2D eigenvalue weighted by atomic mass is 16.5. The Hall–Kier alpha value is -2.86. The second-order valence-electron chi connectivity index (χ2n) is 5.05. The van der Waals surface area contributed by atoms with Crippen LogP contribution in [0.1, 0.15) is 5.56 Å². The molecule has 4 aromatic rings. The van der Waals surface area contributed by atoms with Crippen molar-refractivity contribution in [3.63, 3.8) is 0 Å². The van der Waals surface area contributed by atoms with Crippen LogP contribution in [-0.2, 0) is 11.3 Å². The molecule has 0 unspecified atom stereocenters. The number of H-pyrrole nitrogens is 2. The fourth-order valence-electron chi connectivity index (χ4n) is 2.85. The van der Waals surface area contributed by atoms with Crippen LogP contribution in [0.5, 0.6) is 0 Å². The zero-order valence-electron chi connectivity index (χ0n) is 11.8. The number of rotatable bonds is 3. The molecule has 2 N–H and O–H groups in total. The Balaban J connectivity index is 2.20. The molecule has 3 aromatic heterocycles. The van der Waals surface area contributed by atoms with Crippen LogP contribution in [0, 0.1) is 0 Å². The van der Waals surface area contributed by atoms with E-state index in [4.69, 9.17) is 9.26 Å². The first kappa shape index (κ1) is 12.8. The Morgan fingerprint density at radius 2 is 2.09 bits per heavy atom. The number of methoxy groups -OCH3 is 1. The topological polar surface area (TPSA) is 83.9 Å². The normalized spacial score (nSPS) is 11.5. The smallest absolute Gasteiger partial charge is 0.272 e. The highest BCUT2D eigenvalue weighted by molar-refractivity contribution is 6.09. The Morgan fingerprint density at radius 1 is 1.23 bits per heavy atom. The molecule has 0 aliphatic rings. The largest absolute Gasteiger partial charge is 0.380 e. The van der Waals surface area contributed by atoms with Gasteiger partial charge in [-0.2, -0.15) is 0 Å². The molecule has 22 heavy (non-hydrogen) atoms. The second kappa shape index (κ2) is 4.85. The molecule has 0 fully saturated rings. The van der Waals surface area contributed by atoms with E-state index in [2.05, 4.69) is 15.1 Å². The summed E-state index contributed by atoms with van der Waals surface area (Å²) >= 11 is 0. The molecule has 0 atom stereocenters. The summed E-state index contributed by atoms with van der Waals surface area (Å²) in [6, 6.07) is 9.52. The van der Waals surface area contributed by atoms with Gasteiger partial charge in [0.15, 0.2) is 0 Å². The first-order chi connectivity index (χ1) is 10.8. The molecule has 0 amide bonds. The van der Waals surface area contributed by atoms with E-state index in [1.807, 2.05) is 24.3 Å². The summed E-state index contributed by atoms with van der Waals surface area (Å²) in [4.78, 5) is 18.5. The predicted octanol–water partition coefficient (Wildman–Crippen LogP) is 2.81. The number of hydrogen-bond acceptors (Lipinski definition) is 4. The first-order valence-electron chi connectivity index (χ1n) is 6.85. The quantitative estimate of drug-likeness (QED) is 0.608. The van der Waals surface area contributed by atoms with Gasteiger partial charge in [-0.05, 0) is 6.07 Å². The lowest BCUT2D eigenvalue weighted by atomic mass is 10.0. The Labute approximate surface area is 124 Å². The molecule has 0 aliphatic carbocycles. The molecule has 1 aromatic carbocycles. The molecular weight excluding hydrogens is 282 g/mol. The van der Waals surface area contributed by atoms with Crippen LogP contribution in [-0.4, -0.2) is 22.2 Å². The van der Waals surface area contributed by atoms with Crippen molar-refractivity contribution in [3.05, 3.63) is 52.5 Å². The van der Waals surface area contributed by atoms with Gasteiger partial charge in [-0.3, -0.25) is 4.79 Å². The number of benzene rings is 1. The number of nitrogens with one attached hydrogen (secondary N) is 2. The van der Waals surface area contributed by atoms with E-state index in [1.54, 1.807) is 13.2 Å². The van der Waals surface area contributed by atoms with Gasteiger partial charge in [0.2, 0.25) is 0 Å². The van der Waals surface area contributed by atoms with E-state index in [0.717, 1.165) is 21.9 Å². The molecular formula is C16H13N3O3. The number of aromatic nitrogens is 3. The van der Waals surface area contributed by atoms with Crippen LogP contribution in [0.3, 0.4) is 0 Å². The molecule has 6 nitrogen and oxygen atoms in total. The van der Waals surface area contributed by atoms with Crippen molar-refractivity contribution in [1.82, 2.24) is 15.1 Å². The molecule has 0 spiro atoms. The number of fused-ring (bicyclic) bond motifs is 3. The van der Waals surface area contributed by atoms with Crippen molar-refractivity contribution in [3.8, 4) is 11.4 Å². The molecule has 3 heterocycles. The molecule has 0 saturated carbocycles. The number of hydrogen-bond donors (Lipinski definition) is 2. The lowest BCUT2D eigenvalue weighted by Gasteiger charge is -2.08. The Morgan fingerprint density at radius 3 is 2.86 bits per heavy atom. The third kappa shape index (κ3) is 1.78. The lowest BCUT2D eigenvalue weighted by Crippen LogP contribution is -2.11. The summed E-state index contributed by atoms with van der Waals surface area (Å²) in [7, 11) is 1.62. The van der Waals surface area contributed by atoms with Gasteiger partial charge < -0.3 is 19.2 Å². The lowest BCUT2D eigenvalue weighted by molar-refractivity contribution is 0.186. The van der Waals surface area contributed by atoms with E-state index in [0.29, 0.717) is 23.5 Å². The summed E-state index contributed by atoms with van der Waals surface area (Å²) in [5, 5.41) is 5.78. The van der Waals surface area contributed by atoms with Crippen molar-refractivity contribution in [2.45, 2.75) is 6.61 Å². The van der Waals surface area contributed by atoms with Crippen LogP contribution in [0.15, 0.2) is 45.9 Å². The molecule has 0 aliphatic heterocycles. The average Bonchev–Trinajstić information content (AvgIpc) is 3.17. The van der Waals surface area contributed by atoms with Gasteiger partial charge in [0, 0.05) is 35.0 Å². The van der Waals surface area contributed by atoms with E-state index in [1.165, 1.54) is 6.26 Å². The molecule has 110 valence electrons. The minimum absolute atomic E-state index is 0.191. The number of ether oxygens (including phenoxy) is 1. The van der Waals surface area contributed by atoms with E-state index in [-0.39, 0.29) is 5.56 Å². The SMILES string of the molecule is COCc1c(-c2ccon2)[nH]c(=O)c2[nH]c3ccccc3c12. The highest BCUT2D eigenvalue weighted by Crippen LogP contribution is 2.31. The van der Waals surface area contributed by atoms with Crippen LogP contribution >= 0.6 is 0 Å². The van der Waals surface area contributed by atoms with E-state index >= 15 is 0 Å². The van der Waals surface area contributed by atoms with Crippen molar-refractivity contribution < 1.29 is 9.26 Å². The number of nitrogens with zero attached hydrogens (tertiary/aromatic N) is 1. The summed E-state index contributed by atoms with van der Waals surface area (Å²) < 4.78 is 10.2. The molecule has 0 saturated heterocycles. The third-order valence-electron chi connectivity index (χ3n) is 3.76. The molecule has 0 radical (unpaired) electrons. The zero-order chi connectivity index (χ0) is 15.1. The first-order valence-corrected chi connectivity index (χ1v) is 6.85. The summed E-state index contributed by atoms with van der Waals surface area (Å²) in [6.45, 7) is 0.358. The van der Waals surface area contributed by atoms with Crippen LogP contribution in [0.2, 0.25) is 0 Å².